The van der Waals surface area contributed by atoms with E-state index in [4.69, 9.17) is 4.74 Å². The number of carbonyl (C=O) groups excluding carboxylic acids is 2. The molecule has 0 radical (unpaired) electrons. The largest absolute Gasteiger partial charge is 1.00 e. The average molecular weight is 290 g/mol. The molecule has 20 heavy (non-hydrogen) atoms. The van der Waals surface area contributed by atoms with Gasteiger partial charge in [-0.15, -0.1) is 0 Å². The number of carboxylic acid groups (broad SMARTS) is 1. The Morgan fingerprint density at radius 1 is 1.25 bits per heavy atom. The molecule has 0 saturated heterocycles. The van der Waals surface area contributed by atoms with Gasteiger partial charge in [-0.3, -0.25) is 4.79 Å². The van der Waals surface area contributed by atoms with Gasteiger partial charge in [0.15, 0.2) is 0 Å². The topological polar surface area (TPSA) is 66.4 Å². The summed E-state index contributed by atoms with van der Waals surface area (Å²) >= 11 is 0. The number of aliphatic carboxylic acids is 1. The summed E-state index contributed by atoms with van der Waals surface area (Å²) in [5.41, 5.74) is 0.296. The van der Waals surface area contributed by atoms with Crippen LogP contribution in [0.1, 0.15) is 59.3 Å². The quantitative estimate of drug-likeness (QED) is 0.465. The monoisotopic (exact) mass is 290 g/mol. The summed E-state index contributed by atoms with van der Waals surface area (Å²) in [7, 11) is 0. The fraction of sp³-hybridized carbons (Fsp3) is 0.867. The van der Waals surface area contributed by atoms with E-state index in [2.05, 4.69) is 20.8 Å². The molecular weight excluding hydrogens is 267 g/mol. The Bertz CT molecular complexity index is 393. The number of hydrogen-bond acceptors (Lipinski definition) is 4. The fourth-order valence-electron chi connectivity index (χ4n) is 3.90. The predicted molar refractivity (Wildman–Crippen MR) is 68.0 cm³/mol. The number of esters is 1. The molecule has 0 aromatic carbocycles. The minimum atomic E-state index is -1.11. The van der Waals surface area contributed by atoms with E-state index >= 15 is 0 Å². The Morgan fingerprint density at radius 2 is 1.90 bits per heavy atom. The van der Waals surface area contributed by atoms with Gasteiger partial charge in [-0.2, -0.15) is 0 Å². The molecule has 108 valence electrons. The Kier molecular flexibility index (Phi) is 5.73. The first kappa shape index (κ1) is 18.0. The van der Waals surface area contributed by atoms with Crippen LogP contribution in [0.4, 0.5) is 0 Å². The van der Waals surface area contributed by atoms with Gasteiger partial charge >= 0.3 is 35.5 Å². The second-order valence-corrected chi connectivity index (χ2v) is 6.81. The van der Waals surface area contributed by atoms with Crippen molar-refractivity contribution in [2.45, 2.75) is 65.4 Å². The molecule has 0 amide bonds. The Hall–Kier alpha value is -0.0600. The van der Waals surface area contributed by atoms with Crippen molar-refractivity contribution in [3.05, 3.63) is 0 Å². The Balaban J connectivity index is 0.00000200. The summed E-state index contributed by atoms with van der Waals surface area (Å²) in [5.74, 6) is -0.741. The van der Waals surface area contributed by atoms with Crippen LogP contribution in [0.5, 0.6) is 0 Å². The number of carboxylic acids is 1. The van der Waals surface area contributed by atoms with E-state index in [0.717, 1.165) is 12.8 Å². The molecule has 2 saturated carbocycles. The van der Waals surface area contributed by atoms with Crippen molar-refractivity contribution in [3.63, 3.8) is 0 Å². The molecule has 0 heterocycles. The first-order valence-corrected chi connectivity index (χ1v) is 7.16. The van der Waals surface area contributed by atoms with Gasteiger partial charge in [-0.05, 0) is 43.4 Å². The molecule has 0 unspecified atom stereocenters. The van der Waals surface area contributed by atoms with Gasteiger partial charge in [0.25, 0.3) is 0 Å². The Morgan fingerprint density at radius 3 is 2.35 bits per heavy atom. The third-order valence-corrected chi connectivity index (χ3v) is 5.75. The number of carbonyl (C=O) groups is 2. The standard InChI is InChI=1S/C15H24O4.Na/c1-14(2)10-7-8-15(14,3)11(9-10)19-13(18)6-4-5-12(16)17;/h10-11H,4-9H2,1-3H3,(H,16,17);/q;+1/p-1/t10-,11-,15+;/m0./s1. The van der Waals surface area contributed by atoms with Crippen LogP contribution in [0.2, 0.25) is 0 Å². The van der Waals surface area contributed by atoms with Gasteiger partial charge in [0.05, 0.1) is 0 Å². The van der Waals surface area contributed by atoms with Crippen LogP contribution in [-0.4, -0.2) is 18.0 Å². The van der Waals surface area contributed by atoms with Crippen molar-refractivity contribution in [1.29, 1.82) is 0 Å². The number of hydrogen-bond donors (Lipinski definition) is 0. The average Bonchev–Trinajstić information content (AvgIpc) is 2.61. The normalized spacial score (nSPS) is 33.5. The van der Waals surface area contributed by atoms with Crippen LogP contribution in [-0.2, 0) is 14.3 Å². The van der Waals surface area contributed by atoms with Gasteiger partial charge in [0, 0.05) is 17.8 Å². The second kappa shape index (κ2) is 6.37. The molecular formula is C15H23NaO4. The van der Waals surface area contributed by atoms with Crippen LogP contribution >= 0.6 is 0 Å². The summed E-state index contributed by atoms with van der Waals surface area (Å²) in [6.45, 7) is 6.77. The summed E-state index contributed by atoms with van der Waals surface area (Å²) < 4.78 is 5.61. The van der Waals surface area contributed by atoms with Crippen molar-refractivity contribution >= 4 is 11.9 Å². The van der Waals surface area contributed by atoms with E-state index in [-0.39, 0.29) is 65.3 Å². The van der Waals surface area contributed by atoms with Gasteiger partial charge in [-0.25, -0.2) is 0 Å². The van der Waals surface area contributed by atoms with E-state index in [1.807, 2.05) is 0 Å². The van der Waals surface area contributed by atoms with Crippen molar-refractivity contribution in [2.75, 3.05) is 0 Å². The van der Waals surface area contributed by atoms with Crippen LogP contribution in [0.15, 0.2) is 0 Å². The van der Waals surface area contributed by atoms with E-state index in [0.29, 0.717) is 12.3 Å². The fourth-order valence-corrected chi connectivity index (χ4v) is 3.90. The zero-order chi connectivity index (χ0) is 14.3. The number of rotatable bonds is 5. The van der Waals surface area contributed by atoms with E-state index in [9.17, 15) is 14.7 Å². The van der Waals surface area contributed by atoms with E-state index in [1.54, 1.807) is 0 Å². The molecule has 2 bridgehead atoms. The molecule has 0 spiro atoms. The van der Waals surface area contributed by atoms with Crippen molar-refractivity contribution in [3.8, 4) is 0 Å². The number of fused-ring (bicyclic) bond motifs is 2. The maximum absolute atomic E-state index is 11.8. The summed E-state index contributed by atoms with van der Waals surface area (Å²) in [6.07, 6.45) is 3.69. The zero-order valence-electron chi connectivity index (χ0n) is 13.0. The minimum Gasteiger partial charge on any atom is -0.550 e. The van der Waals surface area contributed by atoms with Crippen molar-refractivity contribution in [2.24, 2.45) is 16.7 Å². The maximum Gasteiger partial charge on any atom is 1.00 e. The molecule has 0 aliphatic heterocycles. The molecule has 2 fully saturated rings. The number of ether oxygens (including phenoxy) is 1. The third-order valence-electron chi connectivity index (χ3n) is 5.75. The van der Waals surface area contributed by atoms with Crippen molar-refractivity contribution in [1.82, 2.24) is 0 Å². The molecule has 0 aromatic heterocycles. The van der Waals surface area contributed by atoms with E-state index in [1.165, 1.54) is 6.42 Å². The smallest absolute Gasteiger partial charge is 0.550 e. The zero-order valence-corrected chi connectivity index (χ0v) is 15.0. The minimum absolute atomic E-state index is 0. The van der Waals surface area contributed by atoms with Gasteiger partial charge in [-0.1, -0.05) is 20.8 Å². The molecule has 2 aliphatic carbocycles. The van der Waals surface area contributed by atoms with E-state index < -0.39 is 5.97 Å². The van der Waals surface area contributed by atoms with Crippen LogP contribution in [0.25, 0.3) is 0 Å². The van der Waals surface area contributed by atoms with Crippen LogP contribution in [0.3, 0.4) is 0 Å². The second-order valence-electron chi connectivity index (χ2n) is 6.81. The van der Waals surface area contributed by atoms with Crippen LogP contribution in [0, 0.1) is 16.7 Å². The molecule has 2 rings (SSSR count). The SMILES string of the molecule is CC1(C)[C@H]2CC[C@]1(C)[C@@H](OC(=O)CCCC(=O)[O-])C2.[Na+]. The molecule has 3 atom stereocenters. The summed E-state index contributed by atoms with van der Waals surface area (Å²) in [5, 5.41) is 10.3. The summed E-state index contributed by atoms with van der Waals surface area (Å²) in [4.78, 5) is 22.1. The van der Waals surface area contributed by atoms with Crippen molar-refractivity contribution < 1.29 is 49.0 Å². The molecule has 0 N–H and O–H groups in total. The third kappa shape index (κ3) is 3.07. The van der Waals surface area contributed by atoms with Gasteiger partial charge in [0.1, 0.15) is 6.10 Å². The van der Waals surface area contributed by atoms with Gasteiger partial charge < -0.3 is 14.6 Å². The van der Waals surface area contributed by atoms with Gasteiger partial charge in [0.2, 0.25) is 0 Å². The first-order valence-electron chi connectivity index (χ1n) is 7.16. The predicted octanol–water partition coefficient (Wildman–Crippen LogP) is -1.33. The van der Waals surface area contributed by atoms with Crippen LogP contribution < -0.4 is 34.7 Å². The molecule has 5 heteroatoms. The maximum atomic E-state index is 11.8. The molecule has 4 nitrogen and oxygen atoms in total. The first-order chi connectivity index (χ1) is 8.77. The summed E-state index contributed by atoms with van der Waals surface area (Å²) in [6, 6.07) is 0. The Labute approximate surface area is 142 Å². The molecule has 0 aromatic rings. The molecule has 2 aliphatic rings.